The molecule has 2 aliphatic carbocycles. The van der Waals surface area contributed by atoms with Gasteiger partial charge in [-0.3, -0.25) is 0 Å². The van der Waals surface area contributed by atoms with Crippen molar-refractivity contribution in [2.45, 2.75) is 25.2 Å². The smallest absolute Gasteiger partial charge is 0.172 e. The largest absolute Gasteiger partial charge is 0.304 e. The summed E-state index contributed by atoms with van der Waals surface area (Å²) in [6.07, 6.45) is 4.24. The minimum Gasteiger partial charge on any atom is -0.304 e. The number of rotatable bonds is 1. The Kier molecular flexibility index (Phi) is 3.92. The Labute approximate surface area is 140 Å². The molecule has 1 aromatic carbocycles. The van der Waals surface area contributed by atoms with Gasteiger partial charge in [-0.2, -0.15) is 15.8 Å². The van der Waals surface area contributed by atoms with Crippen LogP contribution in [-0.4, -0.2) is 5.71 Å². The lowest BCUT2D eigenvalue weighted by Gasteiger charge is -2.46. The van der Waals surface area contributed by atoms with Crippen LogP contribution in [0.3, 0.4) is 0 Å². The van der Waals surface area contributed by atoms with Gasteiger partial charge in [0.1, 0.15) is 11.7 Å². The van der Waals surface area contributed by atoms with Gasteiger partial charge < -0.3 is 5.41 Å². The first-order valence-electron chi connectivity index (χ1n) is 7.86. The van der Waals surface area contributed by atoms with Gasteiger partial charge in [-0.15, -0.1) is 0 Å². The van der Waals surface area contributed by atoms with E-state index in [4.69, 9.17) is 5.41 Å². The maximum absolute atomic E-state index is 14.5. The number of nitrogens with zero attached hydrogens (tertiary/aromatic N) is 3. The van der Waals surface area contributed by atoms with E-state index < -0.39 is 23.1 Å². The molecule has 0 heterocycles. The normalized spacial score (nSPS) is 27.8. The molecule has 1 aromatic rings. The van der Waals surface area contributed by atoms with Crippen LogP contribution < -0.4 is 0 Å². The van der Waals surface area contributed by atoms with Crippen LogP contribution in [0.25, 0.3) is 0 Å². The SMILES string of the molecule is N#CC1C(=N)C2=CCCC[C@H]2[C@H](c2ccccc2F)C1(C#N)C#N. The first-order chi connectivity index (χ1) is 11.6. The highest BCUT2D eigenvalue weighted by Crippen LogP contribution is 2.56. The fraction of sp³-hybridized carbons (Fsp3) is 0.368. The summed E-state index contributed by atoms with van der Waals surface area (Å²) in [5.74, 6) is -2.70. The van der Waals surface area contributed by atoms with E-state index in [1.54, 1.807) is 18.2 Å². The Balaban J connectivity index is 2.31. The van der Waals surface area contributed by atoms with Crippen molar-refractivity contribution >= 4 is 5.71 Å². The molecule has 4 nitrogen and oxygen atoms in total. The van der Waals surface area contributed by atoms with E-state index in [2.05, 4.69) is 0 Å². The number of allylic oxidation sites excluding steroid dienone is 2. The highest BCUT2D eigenvalue weighted by Gasteiger charge is 2.58. The van der Waals surface area contributed by atoms with Crippen LogP contribution in [0.15, 0.2) is 35.9 Å². The molecule has 0 bridgehead atoms. The Morgan fingerprint density at radius 2 is 1.88 bits per heavy atom. The minimum absolute atomic E-state index is 0.0397. The Hall–Kier alpha value is -2.97. The van der Waals surface area contributed by atoms with Crippen LogP contribution in [0.4, 0.5) is 4.39 Å². The molecule has 3 atom stereocenters. The van der Waals surface area contributed by atoms with Crippen LogP contribution in [0.1, 0.15) is 30.7 Å². The zero-order valence-electron chi connectivity index (χ0n) is 13.0. The number of halogens is 1. The lowest BCUT2D eigenvalue weighted by molar-refractivity contribution is 0.256. The molecule has 1 N–H and O–H groups in total. The van der Waals surface area contributed by atoms with Gasteiger partial charge in [0.25, 0.3) is 0 Å². The summed E-state index contributed by atoms with van der Waals surface area (Å²) < 4.78 is 14.5. The van der Waals surface area contributed by atoms with E-state index >= 15 is 0 Å². The molecule has 0 radical (unpaired) electrons. The second-order valence-corrected chi connectivity index (χ2v) is 6.26. The third kappa shape index (κ3) is 2.04. The standard InChI is InChI=1S/C19H15FN4/c20-16-8-4-3-7-14(16)17-12-5-1-2-6-13(12)18(24)15(9-21)19(17,10-22)11-23/h3-4,6-8,12,15,17,24H,1-2,5H2/t12-,15?,17-/m1/s1. The van der Waals surface area contributed by atoms with Crippen molar-refractivity contribution in [1.82, 2.24) is 0 Å². The fourth-order valence-electron chi connectivity index (χ4n) is 4.10. The van der Waals surface area contributed by atoms with Crippen LogP contribution in [-0.2, 0) is 0 Å². The van der Waals surface area contributed by atoms with Gasteiger partial charge in [0.05, 0.1) is 23.9 Å². The molecule has 1 unspecified atom stereocenters. The molecule has 0 aromatic heterocycles. The van der Waals surface area contributed by atoms with Crippen molar-refractivity contribution in [1.29, 1.82) is 21.2 Å². The van der Waals surface area contributed by atoms with E-state index in [1.165, 1.54) is 6.07 Å². The highest BCUT2D eigenvalue weighted by molar-refractivity contribution is 6.04. The summed E-state index contributed by atoms with van der Waals surface area (Å²) in [6, 6.07) is 12.1. The molecule has 0 spiro atoms. The van der Waals surface area contributed by atoms with E-state index in [0.717, 1.165) is 12.8 Å². The molecular weight excluding hydrogens is 303 g/mol. The number of nitriles is 3. The Bertz CT molecular complexity index is 835. The van der Waals surface area contributed by atoms with Crippen molar-refractivity contribution in [2.75, 3.05) is 0 Å². The molecule has 5 heteroatoms. The quantitative estimate of drug-likeness (QED) is 0.852. The fourth-order valence-corrected chi connectivity index (χ4v) is 4.10. The number of hydrogen-bond acceptors (Lipinski definition) is 4. The van der Waals surface area contributed by atoms with Gasteiger partial charge in [-0.25, -0.2) is 4.39 Å². The average molecular weight is 318 g/mol. The van der Waals surface area contributed by atoms with Crippen molar-refractivity contribution in [3.8, 4) is 18.2 Å². The first-order valence-corrected chi connectivity index (χ1v) is 7.86. The summed E-state index contributed by atoms with van der Waals surface area (Å²) in [5.41, 5.74) is -0.737. The summed E-state index contributed by atoms with van der Waals surface area (Å²) in [5, 5.41) is 37.5. The first kappa shape index (κ1) is 15.9. The van der Waals surface area contributed by atoms with Crippen molar-refractivity contribution in [3.63, 3.8) is 0 Å². The molecular formula is C19H15FN4. The maximum Gasteiger partial charge on any atom is 0.172 e. The van der Waals surface area contributed by atoms with E-state index in [0.29, 0.717) is 12.0 Å². The second kappa shape index (κ2) is 5.91. The predicted molar refractivity (Wildman–Crippen MR) is 85.1 cm³/mol. The number of nitrogens with one attached hydrogen (secondary N) is 1. The number of fused-ring (bicyclic) bond motifs is 1. The van der Waals surface area contributed by atoms with E-state index in [9.17, 15) is 20.2 Å². The van der Waals surface area contributed by atoms with Gasteiger partial charge in [0, 0.05) is 5.92 Å². The Morgan fingerprint density at radius 3 is 2.50 bits per heavy atom. The molecule has 0 amide bonds. The molecule has 2 aliphatic rings. The van der Waals surface area contributed by atoms with Gasteiger partial charge in [-0.1, -0.05) is 24.3 Å². The van der Waals surface area contributed by atoms with Crippen LogP contribution in [0, 0.1) is 62.5 Å². The topological polar surface area (TPSA) is 95.2 Å². The summed E-state index contributed by atoms with van der Waals surface area (Å²) >= 11 is 0. The lowest BCUT2D eigenvalue weighted by atomic mass is 9.52. The molecule has 1 saturated carbocycles. The summed E-state index contributed by atoms with van der Waals surface area (Å²) in [6.45, 7) is 0. The molecule has 24 heavy (non-hydrogen) atoms. The molecule has 118 valence electrons. The average Bonchev–Trinajstić information content (AvgIpc) is 2.62. The molecule has 0 saturated heterocycles. The summed E-state index contributed by atoms with van der Waals surface area (Å²) in [7, 11) is 0. The third-order valence-electron chi connectivity index (χ3n) is 5.17. The van der Waals surface area contributed by atoms with E-state index in [-0.39, 0.29) is 17.2 Å². The van der Waals surface area contributed by atoms with Crippen LogP contribution >= 0.6 is 0 Å². The van der Waals surface area contributed by atoms with Crippen molar-refractivity contribution < 1.29 is 4.39 Å². The third-order valence-corrected chi connectivity index (χ3v) is 5.17. The van der Waals surface area contributed by atoms with Crippen LogP contribution in [0.2, 0.25) is 0 Å². The summed E-state index contributed by atoms with van der Waals surface area (Å²) in [4.78, 5) is 0. The van der Waals surface area contributed by atoms with Gasteiger partial charge in [0.15, 0.2) is 5.41 Å². The zero-order chi connectivity index (χ0) is 17.3. The van der Waals surface area contributed by atoms with Crippen LogP contribution in [0.5, 0.6) is 0 Å². The van der Waals surface area contributed by atoms with Crippen molar-refractivity contribution in [3.05, 3.63) is 47.3 Å². The predicted octanol–water partition coefficient (Wildman–Crippen LogP) is 3.84. The maximum atomic E-state index is 14.5. The highest BCUT2D eigenvalue weighted by atomic mass is 19.1. The second-order valence-electron chi connectivity index (χ2n) is 6.26. The molecule has 0 aliphatic heterocycles. The number of hydrogen-bond donors (Lipinski definition) is 1. The molecule has 3 rings (SSSR count). The molecule has 1 fully saturated rings. The van der Waals surface area contributed by atoms with Crippen molar-refractivity contribution in [2.24, 2.45) is 17.3 Å². The Morgan fingerprint density at radius 1 is 1.17 bits per heavy atom. The van der Waals surface area contributed by atoms with E-state index in [1.807, 2.05) is 24.3 Å². The van der Waals surface area contributed by atoms with Gasteiger partial charge >= 0.3 is 0 Å². The lowest BCUT2D eigenvalue weighted by Crippen LogP contribution is -2.48. The van der Waals surface area contributed by atoms with Gasteiger partial charge in [0.2, 0.25) is 0 Å². The zero-order valence-corrected chi connectivity index (χ0v) is 13.0. The van der Waals surface area contributed by atoms with Gasteiger partial charge in [-0.05, 0) is 42.4 Å². The monoisotopic (exact) mass is 318 g/mol. The minimum atomic E-state index is -1.76. The number of benzene rings is 1.